The first-order valence-electron chi connectivity index (χ1n) is 10.2. The monoisotopic (exact) mass is 443 g/mol. The van der Waals surface area contributed by atoms with Gasteiger partial charge in [0.25, 0.3) is 5.91 Å². The number of anilines is 2. The third-order valence-electron chi connectivity index (χ3n) is 4.80. The minimum absolute atomic E-state index is 0.00585. The smallest absolute Gasteiger partial charge is 0.394 e. The van der Waals surface area contributed by atoms with Gasteiger partial charge in [0, 0.05) is 18.6 Å². The lowest BCUT2D eigenvalue weighted by Gasteiger charge is -2.27. The quantitative estimate of drug-likeness (QED) is 0.684. The van der Waals surface area contributed by atoms with Gasteiger partial charge in [-0.3, -0.25) is 9.69 Å². The van der Waals surface area contributed by atoms with Gasteiger partial charge in [0.05, 0.1) is 24.5 Å². The van der Waals surface area contributed by atoms with Crippen LogP contribution in [0.1, 0.15) is 23.6 Å². The number of carbonyl (C=O) groups is 1. The number of rotatable bonds is 5. The summed E-state index contributed by atoms with van der Waals surface area (Å²) in [5.74, 6) is 6.27. The second-order valence-corrected chi connectivity index (χ2v) is 8.07. The number of alkyl halides is 2. The van der Waals surface area contributed by atoms with Gasteiger partial charge >= 0.3 is 6.11 Å². The van der Waals surface area contributed by atoms with Gasteiger partial charge in [0.1, 0.15) is 11.5 Å². The van der Waals surface area contributed by atoms with Gasteiger partial charge in [0.15, 0.2) is 6.10 Å². The van der Waals surface area contributed by atoms with E-state index in [0.717, 1.165) is 16.7 Å². The molecule has 1 atom stereocenters. The predicted octanol–water partition coefficient (Wildman–Crippen LogP) is 4.02. The minimum atomic E-state index is -3.29. The van der Waals surface area contributed by atoms with Crippen molar-refractivity contribution in [2.24, 2.45) is 0 Å². The van der Waals surface area contributed by atoms with E-state index < -0.39 is 12.2 Å². The molecular weight excluding hydrogens is 416 g/mol. The van der Waals surface area contributed by atoms with Crippen LogP contribution in [-0.2, 0) is 4.79 Å². The third kappa shape index (κ3) is 6.11. The van der Waals surface area contributed by atoms with E-state index in [1.165, 1.54) is 18.2 Å². The highest BCUT2D eigenvalue weighted by Gasteiger charge is 2.28. The van der Waals surface area contributed by atoms with Gasteiger partial charge in [-0.05, 0) is 63.3 Å². The number of ether oxygens (including phenoxy) is 2. The minimum Gasteiger partial charge on any atom is -0.477 e. The summed E-state index contributed by atoms with van der Waals surface area (Å²) < 4.78 is 36.5. The van der Waals surface area contributed by atoms with Crippen molar-refractivity contribution in [3.8, 4) is 23.3 Å². The third-order valence-corrected chi connectivity index (χ3v) is 4.80. The van der Waals surface area contributed by atoms with E-state index in [0.29, 0.717) is 30.6 Å². The molecule has 0 spiro atoms. The summed E-state index contributed by atoms with van der Waals surface area (Å²) in [6, 6.07) is 8.14. The Balaban J connectivity index is 1.74. The van der Waals surface area contributed by atoms with Crippen molar-refractivity contribution >= 4 is 17.3 Å². The molecule has 0 saturated heterocycles. The molecule has 1 unspecified atom stereocenters. The summed E-state index contributed by atoms with van der Waals surface area (Å²) in [5, 5.41) is 5.96. The van der Waals surface area contributed by atoms with Gasteiger partial charge in [-0.2, -0.15) is 8.78 Å². The van der Waals surface area contributed by atoms with Crippen molar-refractivity contribution in [2.75, 3.05) is 37.8 Å². The predicted molar refractivity (Wildman–Crippen MR) is 121 cm³/mol. The molecule has 1 heterocycles. The normalized spacial score (nSPS) is 15.1. The van der Waals surface area contributed by atoms with Gasteiger partial charge in [-0.15, -0.1) is 0 Å². The Kier molecular flexibility index (Phi) is 6.90. The summed E-state index contributed by atoms with van der Waals surface area (Å²) in [4.78, 5) is 14.9. The number of carbonyl (C=O) groups excluding carboxylic acids is 1. The van der Waals surface area contributed by atoms with Crippen molar-refractivity contribution in [3.05, 3.63) is 47.0 Å². The van der Waals surface area contributed by atoms with Crippen molar-refractivity contribution in [1.29, 1.82) is 0 Å². The Morgan fingerprint density at radius 1 is 1.28 bits per heavy atom. The first-order valence-corrected chi connectivity index (χ1v) is 10.2. The van der Waals surface area contributed by atoms with E-state index in [9.17, 15) is 13.6 Å². The lowest BCUT2D eigenvalue weighted by Crippen LogP contribution is -2.41. The number of aryl methyl sites for hydroxylation is 2. The van der Waals surface area contributed by atoms with Gasteiger partial charge < -0.3 is 20.1 Å². The standard InChI is InChI=1S/C24H27F2N3O3/c1-15-11-17(7-6-10-29(4)5)19(12-16(15)2)28-23(30)22-14-27-20-13-18(32-24(3,25)26)8-9-21(20)31-22/h8-9,11-13,22,27H,10,14H2,1-5H3,(H,28,30). The maximum absolute atomic E-state index is 13.1. The highest BCUT2D eigenvalue weighted by atomic mass is 19.3. The Morgan fingerprint density at radius 2 is 2.00 bits per heavy atom. The van der Waals surface area contributed by atoms with E-state index in [2.05, 4.69) is 27.2 Å². The van der Waals surface area contributed by atoms with Crippen molar-refractivity contribution in [3.63, 3.8) is 0 Å². The van der Waals surface area contributed by atoms with Crippen LogP contribution in [0.25, 0.3) is 0 Å². The molecule has 6 nitrogen and oxygen atoms in total. The van der Waals surface area contributed by atoms with Crippen molar-refractivity contribution in [2.45, 2.75) is 33.0 Å². The van der Waals surface area contributed by atoms with Crippen LogP contribution in [0.15, 0.2) is 30.3 Å². The molecule has 2 N–H and O–H groups in total. The number of hydrogen-bond donors (Lipinski definition) is 2. The number of hydrogen-bond acceptors (Lipinski definition) is 5. The van der Waals surface area contributed by atoms with E-state index in [1.807, 2.05) is 45.0 Å². The average Bonchev–Trinajstić information content (AvgIpc) is 2.69. The van der Waals surface area contributed by atoms with Crippen LogP contribution in [0.4, 0.5) is 20.2 Å². The molecule has 1 amide bonds. The molecule has 0 radical (unpaired) electrons. The summed E-state index contributed by atoms with van der Waals surface area (Å²) in [6.45, 7) is 5.41. The number of fused-ring (bicyclic) bond motifs is 1. The molecule has 0 aromatic heterocycles. The van der Waals surface area contributed by atoms with Gasteiger partial charge in [0.2, 0.25) is 0 Å². The molecule has 32 heavy (non-hydrogen) atoms. The molecule has 1 aliphatic rings. The Bertz CT molecular complexity index is 1070. The molecule has 2 aromatic rings. The molecule has 3 rings (SSSR count). The van der Waals surface area contributed by atoms with Crippen LogP contribution >= 0.6 is 0 Å². The fourth-order valence-corrected chi connectivity index (χ4v) is 3.09. The van der Waals surface area contributed by atoms with E-state index in [4.69, 9.17) is 4.74 Å². The second kappa shape index (κ2) is 9.45. The highest BCUT2D eigenvalue weighted by Crippen LogP contribution is 2.34. The highest BCUT2D eigenvalue weighted by molar-refractivity contribution is 5.96. The largest absolute Gasteiger partial charge is 0.477 e. The summed E-state index contributed by atoms with van der Waals surface area (Å²) in [6.07, 6.45) is -4.09. The second-order valence-electron chi connectivity index (χ2n) is 8.07. The number of halogens is 2. The molecule has 170 valence electrons. The molecule has 8 heteroatoms. The van der Waals surface area contributed by atoms with Crippen molar-refractivity contribution < 1.29 is 23.0 Å². The maximum atomic E-state index is 13.1. The molecule has 0 fully saturated rings. The maximum Gasteiger partial charge on any atom is 0.394 e. The van der Waals surface area contributed by atoms with Crippen LogP contribution in [-0.4, -0.2) is 50.2 Å². The fraction of sp³-hybridized carbons (Fsp3) is 0.375. The molecular formula is C24H27F2N3O3. The summed E-state index contributed by atoms with van der Waals surface area (Å²) in [5.41, 5.74) is 3.95. The zero-order chi connectivity index (χ0) is 23.5. The molecule has 0 saturated carbocycles. The Labute approximate surface area is 186 Å². The molecule has 1 aliphatic heterocycles. The van der Waals surface area contributed by atoms with E-state index >= 15 is 0 Å². The van der Waals surface area contributed by atoms with Crippen LogP contribution in [0.3, 0.4) is 0 Å². The zero-order valence-corrected chi connectivity index (χ0v) is 18.8. The number of benzene rings is 2. The first kappa shape index (κ1) is 23.4. The SMILES string of the molecule is Cc1cc(C#CCN(C)C)c(NC(=O)C2CNc3cc(OC(C)(F)F)ccc3O2)cc1C. The fourth-order valence-electron chi connectivity index (χ4n) is 3.09. The number of amides is 1. The van der Waals surface area contributed by atoms with Gasteiger partial charge in [-0.25, -0.2) is 0 Å². The zero-order valence-electron chi connectivity index (χ0n) is 18.8. The summed E-state index contributed by atoms with van der Waals surface area (Å²) in [7, 11) is 3.87. The van der Waals surface area contributed by atoms with Crippen LogP contribution in [0, 0.1) is 25.7 Å². The Morgan fingerprint density at radius 3 is 2.69 bits per heavy atom. The van der Waals surface area contributed by atoms with Crippen LogP contribution in [0.5, 0.6) is 11.5 Å². The molecule has 2 aromatic carbocycles. The number of nitrogens with one attached hydrogen (secondary N) is 2. The van der Waals surface area contributed by atoms with Crippen molar-refractivity contribution in [1.82, 2.24) is 4.90 Å². The number of nitrogens with zero attached hydrogens (tertiary/aromatic N) is 1. The molecule has 0 bridgehead atoms. The lowest BCUT2D eigenvalue weighted by atomic mass is 10.0. The average molecular weight is 443 g/mol. The Hall–Kier alpha value is -3.31. The topological polar surface area (TPSA) is 62.8 Å². The van der Waals surface area contributed by atoms with E-state index in [1.54, 1.807) is 0 Å². The van der Waals surface area contributed by atoms with Crippen LogP contribution < -0.4 is 20.1 Å². The van der Waals surface area contributed by atoms with Gasteiger partial charge in [-0.1, -0.05) is 11.8 Å². The lowest BCUT2D eigenvalue weighted by molar-refractivity contribution is -0.158. The summed E-state index contributed by atoms with van der Waals surface area (Å²) >= 11 is 0. The molecule has 0 aliphatic carbocycles. The van der Waals surface area contributed by atoms with E-state index in [-0.39, 0.29) is 18.2 Å². The first-order chi connectivity index (χ1) is 15.0. The van der Waals surface area contributed by atoms with Crippen LogP contribution in [0.2, 0.25) is 0 Å².